The number of aryl methyl sites for hydroxylation is 3. The van der Waals surface area contributed by atoms with Gasteiger partial charge in [0.05, 0.1) is 16.9 Å². The Morgan fingerprint density at radius 3 is 2.32 bits per heavy atom. The van der Waals surface area contributed by atoms with Crippen LogP contribution in [0.2, 0.25) is 0 Å². The van der Waals surface area contributed by atoms with Gasteiger partial charge in [-0.15, -0.1) is 11.8 Å². The fourth-order valence-electron chi connectivity index (χ4n) is 3.39. The Hall–Kier alpha value is -1.05. The molecule has 1 saturated heterocycles. The molecule has 25 heavy (non-hydrogen) atoms. The summed E-state index contributed by atoms with van der Waals surface area (Å²) in [4.78, 5) is 12.7. The van der Waals surface area contributed by atoms with E-state index in [-0.39, 0.29) is 17.9 Å². The molecular formula is C18H27NO4S2. The Kier molecular flexibility index (Phi) is 6.22. The minimum Gasteiger partial charge on any atom is -0.465 e. The number of sulfonamides is 1. The second kappa shape index (κ2) is 7.68. The van der Waals surface area contributed by atoms with Crippen molar-refractivity contribution in [1.82, 2.24) is 4.31 Å². The van der Waals surface area contributed by atoms with E-state index in [0.717, 1.165) is 5.56 Å². The third-order valence-corrected chi connectivity index (χ3v) is 8.20. The first-order chi connectivity index (χ1) is 11.6. The van der Waals surface area contributed by atoms with Crippen molar-refractivity contribution >= 4 is 27.8 Å². The molecule has 1 fully saturated rings. The molecule has 1 aliphatic heterocycles. The highest BCUT2D eigenvalue weighted by Gasteiger charge is 2.48. The molecule has 0 spiro atoms. The molecule has 1 heterocycles. The highest BCUT2D eigenvalue weighted by atomic mass is 32.2. The number of ether oxygens (including phenoxy) is 1. The van der Waals surface area contributed by atoms with Gasteiger partial charge in [0, 0.05) is 5.75 Å². The lowest BCUT2D eigenvalue weighted by Crippen LogP contribution is -2.48. The normalized spacial score (nSPS) is 21.7. The molecule has 1 aliphatic rings. The minimum absolute atomic E-state index is 0.0882. The summed E-state index contributed by atoms with van der Waals surface area (Å²) in [6.07, 6.45) is 0. The molecule has 1 aromatic carbocycles. The largest absolute Gasteiger partial charge is 0.465 e. The van der Waals surface area contributed by atoms with E-state index in [4.69, 9.17) is 4.74 Å². The van der Waals surface area contributed by atoms with Crippen molar-refractivity contribution < 1.29 is 17.9 Å². The molecule has 5 nitrogen and oxygen atoms in total. The Labute approximate surface area is 155 Å². The van der Waals surface area contributed by atoms with Crippen molar-refractivity contribution in [2.75, 3.05) is 12.4 Å². The van der Waals surface area contributed by atoms with Gasteiger partial charge < -0.3 is 4.74 Å². The van der Waals surface area contributed by atoms with E-state index in [9.17, 15) is 13.2 Å². The van der Waals surface area contributed by atoms with E-state index >= 15 is 0 Å². The van der Waals surface area contributed by atoms with Crippen LogP contribution in [0.25, 0.3) is 0 Å². The van der Waals surface area contributed by atoms with Crippen LogP contribution < -0.4 is 0 Å². The first-order valence-corrected chi connectivity index (χ1v) is 11.0. The topological polar surface area (TPSA) is 63.7 Å². The van der Waals surface area contributed by atoms with Crippen LogP contribution >= 0.6 is 11.8 Å². The molecule has 0 aromatic heterocycles. The molecule has 140 valence electrons. The smallest absolute Gasteiger partial charge is 0.325 e. The van der Waals surface area contributed by atoms with Crippen molar-refractivity contribution in [2.24, 2.45) is 5.92 Å². The number of nitrogens with zero attached hydrogens (tertiary/aromatic N) is 1. The van der Waals surface area contributed by atoms with Gasteiger partial charge in [0.2, 0.25) is 10.0 Å². The van der Waals surface area contributed by atoms with Gasteiger partial charge in [0.25, 0.3) is 0 Å². The predicted molar refractivity (Wildman–Crippen MR) is 101 cm³/mol. The SMILES string of the molecule is CCOC(=O)C1CSC(C(C)C)N1S(=O)(=O)c1c(C)cc(C)cc1C. The van der Waals surface area contributed by atoms with Crippen LogP contribution in [-0.4, -0.2) is 42.5 Å². The average Bonchev–Trinajstić information content (AvgIpc) is 2.91. The molecule has 0 saturated carbocycles. The van der Waals surface area contributed by atoms with Crippen molar-refractivity contribution in [2.45, 2.75) is 57.9 Å². The van der Waals surface area contributed by atoms with E-state index in [0.29, 0.717) is 21.8 Å². The molecule has 0 radical (unpaired) electrons. The summed E-state index contributed by atoms with van der Waals surface area (Å²) in [6, 6.07) is 2.96. The fourth-order valence-corrected chi connectivity index (χ4v) is 7.52. The van der Waals surface area contributed by atoms with Crippen molar-refractivity contribution in [3.05, 3.63) is 28.8 Å². The maximum atomic E-state index is 13.5. The Morgan fingerprint density at radius 2 is 1.84 bits per heavy atom. The van der Waals surface area contributed by atoms with Gasteiger partial charge in [0.15, 0.2) is 0 Å². The van der Waals surface area contributed by atoms with Gasteiger partial charge in [-0.25, -0.2) is 8.42 Å². The third kappa shape index (κ3) is 3.88. The molecule has 7 heteroatoms. The van der Waals surface area contributed by atoms with Crippen LogP contribution in [0.1, 0.15) is 37.5 Å². The quantitative estimate of drug-likeness (QED) is 0.728. The predicted octanol–water partition coefficient (Wildman–Crippen LogP) is 3.26. The molecule has 0 amide bonds. The van der Waals surface area contributed by atoms with Gasteiger partial charge in [-0.3, -0.25) is 4.79 Å². The number of carbonyl (C=O) groups excluding carboxylic acids is 1. The number of rotatable bonds is 5. The van der Waals surface area contributed by atoms with Gasteiger partial charge in [-0.2, -0.15) is 4.31 Å². The summed E-state index contributed by atoms with van der Waals surface area (Å²) in [5, 5.41) is -0.278. The van der Waals surface area contributed by atoms with E-state index < -0.39 is 22.0 Å². The van der Waals surface area contributed by atoms with Crippen molar-refractivity contribution in [3.63, 3.8) is 0 Å². The first-order valence-electron chi connectivity index (χ1n) is 8.50. The molecule has 2 atom stereocenters. The molecule has 0 bridgehead atoms. The zero-order chi connectivity index (χ0) is 18.9. The third-order valence-electron chi connectivity index (χ3n) is 4.25. The fraction of sp³-hybridized carbons (Fsp3) is 0.611. The van der Waals surface area contributed by atoms with Crippen molar-refractivity contribution in [1.29, 1.82) is 0 Å². The number of esters is 1. The maximum Gasteiger partial charge on any atom is 0.325 e. The molecule has 2 rings (SSSR count). The summed E-state index contributed by atoms with van der Waals surface area (Å²) in [7, 11) is -3.81. The number of hydrogen-bond donors (Lipinski definition) is 0. The lowest BCUT2D eigenvalue weighted by atomic mass is 10.1. The van der Waals surface area contributed by atoms with E-state index in [2.05, 4.69) is 0 Å². The summed E-state index contributed by atoms with van der Waals surface area (Å²) in [6.45, 7) is 11.5. The molecule has 2 unspecified atom stereocenters. The Bertz CT molecular complexity index is 735. The lowest BCUT2D eigenvalue weighted by molar-refractivity contribution is -0.146. The monoisotopic (exact) mass is 385 g/mol. The van der Waals surface area contributed by atoms with Crippen molar-refractivity contribution in [3.8, 4) is 0 Å². The average molecular weight is 386 g/mol. The Morgan fingerprint density at radius 1 is 1.28 bits per heavy atom. The zero-order valence-electron chi connectivity index (χ0n) is 15.7. The second-order valence-electron chi connectivity index (χ2n) is 6.80. The van der Waals surface area contributed by atoms with Crippen LogP contribution in [0, 0.1) is 26.7 Å². The van der Waals surface area contributed by atoms with E-state index in [1.807, 2.05) is 32.9 Å². The standard InChI is InChI=1S/C18H27NO4S2/c1-7-23-18(20)15-10-24-17(11(2)3)19(15)25(21,22)16-13(5)8-12(4)9-14(16)6/h8-9,11,15,17H,7,10H2,1-6H3. The molecular weight excluding hydrogens is 358 g/mol. The Balaban J connectivity index is 2.58. The summed E-state index contributed by atoms with van der Waals surface area (Å²) < 4.78 is 33.6. The highest BCUT2D eigenvalue weighted by molar-refractivity contribution is 8.01. The molecule has 0 aliphatic carbocycles. The summed E-state index contributed by atoms with van der Waals surface area (Å²) in [5.74, 6) is 0.0413. The zero-order valence-corrected chi connectivity index (χ0v) is 17.3. The van der Waals surface area contributed by atoms with Gasteiger partial charge in [0.1, 0.15) is 6.04 Å². The van der Waals surface area contributed by atoms with Crippen LogP contribution in [0.15, 0.2) is 17.0 Å². The molecule has 0 N–H and O–H groups in total. The van der Waals surface area contributed by atoms with Crippen LogP contribution in [0.4, 0.5) is 0 Å². The van der Waals surface area contributed by atoms with E-state index in [1.165, 1.54) is 16.1 Å². The van der Waals surface area contributed by atoms with Crippen LogP contribution in [-0.2, 0) is 19.6 Å². The number of carbonyl (C=O) groups is 1. The lowest BCUT2D eigenvalue weighted by Gasteiger charge is -2.30. The van der Waals surface area contributed by atoms with Gasteiger partial charge in [-0.05, 0) is 44.7 Å². The molecule has 1 aromatic rings. The summed E-state index contributed by atoms with van der Waals surface area (Å²) in [5.41, 5.74) is 2.44. The van der Waals surface area contributed by atoms with Gasteiger partial charge in [-0.1, -0.05) is 31.5 Å². The van der Waals surface area contributed by atoms with Crippen LogP contribution in [0.3, 0.4) is 0 Å². The minimum atomic E-state index is -3.81. The number of thioether (sulfide) groups is 1. The number of hydrogen-bond acceptors (Lipinski definition) is 5. The highest BCUT2D eigenvalue weighted by Crippen LogP contribution is 2.40. The number of benzene rings is 1. The van der Waals surface area contributed by atoms with Gasteiger partial charge >= 0.3 is 5.97 Å². The van der Waals surface area contributed by atoms with E-state index in [1.54, 1.807) is 20.8 Å². The maximum absolute atomic E-state index is 13.5. The second-order valence-corrected chi connectivity index (χ2v) is 9.73. The van der Waals surface area contributed by atoms with Crippen LogP contribution in [0.5, 0.6) is 0 Å². The first kappa shape index (κ1) is 20.3. The summed E-state index contributed by atoms with van der Waals surface area (Å²) >= 11 is 1.50.